The van der Waals surface area contributed by atoms with Crippen molar-refractivity contribution in [2.45, 2.75) is 52.3 Å². The summed E-state index contributed by atoms with van der Waals surface area (Å²) >= 11 is 0. The molecule has 0 aliphatic carbocycles. The number of nitrogens with zero attached hydrogens (tertiary/aromatic N) is 1. The maximum Gasteiger partial charge on any atom is 0.125 e. The van der Waals surface area contributed by atoms with Crippen molar-refractivity contribution in [1.82, 2.24) is 10.4 Å². The molecule has 4 heteroatoms. The highest BCUT2D eigenvalue weighted by Crippen LogP contribution is 2.24. The van der Waals surface area contributed by atoms with Gasteiger partial charge in [-0.25, -0.2) is 0 Å². The van der Waals surface area contributed by atoms with Gasteiger partial charge in [-0.1, -0.05) is 27.2 Å². The molecule has 0 unspecified atom stereocenters. The summed E-state index contributed by atoms with van der Waals surface area (Å²) in [6, 6.07) is -0.310. The zero-order valence-corrected chi connectivity index (χ0v) is 10.0. The highest BCUT2D eigenvalue weighted by atomic mass is 16.5. The third-order valence-corrected chi connectivity index (χ3v) is 3.14. The fraction of sp³-hybridized carbons (Fsp3) is 1.00. The van der Waals surface area contributed by atoms with E-state index in [2.05, 4.69) is 5.48 Å². The van der Waals surface area contributed by atoms with Gasteiger partial charge in [0.2, 0.25) is 0 Å². The first kappa shape index (κ1) is 12.9. The summed E-state index contributed by atoms with van der Waals surface area (Å²) in [5, 5.41) is 19.3. The number of hydrogen-bond donors (Lipinski definition) is 3. The first-order valence-corrected chi connectivity index (χ1v) is 5.78. The topological polar surface area (TPSA) is 55.7 Å². The number of nitrogens with one attached hydrogen (secondary N) is 1. The van der Waals surface area contributed by atoms with Gasteiger partial charge in [0.15, 0.2) is 0 Å². The van der Waals surface area contributed by atoms with E-state index in [1.165, 1.54) is 6.42 Å². The number of hydroxylamine groups is 1. The molecule has 0 aromatic carbocycles. The van der Waals surface area contributed by atoms with Crippen LogP contribution in [0, 0.1) is 5.41 Å². The highest BCUT2D eigenvalue weighted by molar-refractivity contribution is 4.85. The lowest BCUT2D eigenvalue weighted by molar-refractivity contribution is -0.0939. The van der Waals surface area contributed by atoms with Crippen LogP contribution in [0.15, 0.2) is 0 Å². The van der Waals surface area contributed by atoms with Crippen LogP contribution in [0.2, 0.25) is 0 Å². The third kappa shape index (κ3) is 3.41. The van der Waals surface area contributed by atoms with Crippen LogP contribution >= 0.6 is 0 Å². The second-order valence-electron chi connectivity index (χ2n) is 5.48. The van der Waals surface area contributed by atoms with Crippen LogP contribution in [0.25, 0.3) is 0 Å². The smallest absolute Gasteiger partial charge is 0.125 e. The molecular weight excluding hydrogens is 192 g/mol. The Morgan fingerprint density at radius 2 is 1.67 bits per heavy atom. The molecule has 1 heterocycles. The maximum absolute atomic E-state index is 10.2. The first-order valence-electron chi connectivity index (χ1n) is 5.78. The van der Waals surface area contributed by atoms with E-state index in [-0.39, 0.29) is 11.5 Å². The number of aliphatic hydroxyl groups is 1. The lowest BCUT2D eigenvalue weighted by atomic mass is 9.85. The Labute approximate surface area is 92.2 Å². The summed E-state index contributed by atoms with van der Waals surface area (Å²) in [6.45, 7) is 7.88. The Bertz CT molecular complexity index is 186. The standard InChI is InChI=1S/C11H24N2O2/c1-11(2,3)9(12-15)10(14)13-7-5-4-6-8-13/h9-10,12,14-15H,4-8H2,1-3H3/t9-,10-/m1/s1. The fourth-order valence-electron chi connectivity index (χ4n) is 2.10. The number of piperidine rings is 1. The van der Waals surface area contributed by atoms with Crippen molar-refractivity contribution in [3.8, 4) is 0 Å². The summed E-state index contributed by atoms with van der Waals surface area (Å²) in [6.07, 6.45) is 2.92. The fourth-order valence-corrected chi connectivity index (χ4v) is 2.10. The molecule has 15 heavy (non-hydrogen) atoms. The Balaban J connectivity index is 2.59. The van der Waals surface area contributed by atoms with Crippen LogP contribution in [0.1, 0.15) is 40.0 Å². The lowest BCUT2D eigenvalue weighted by Crippen LogP contribution is -2.56. The lowest BCUT2D eigenvalue weighted by Gasteiger charge is -2.40. The Kier molecular flexibility index (Phi) is 4.52. The quantitative estimate of drug-likeness (QED) is 0.620. The zero-order chi connectivity index (χ0) is 11.5. The van der Waals surface area contributed by atoms with Gasteiger partial charge in [-0.05, 0) is 18.3 Å². The SMILES string of the molecule is CC(C)(C)[C@H](NO)[C@@H](O)N1CCCCC1. The van der Waals surface area contributed by atoms with E-state index in [4.69, 9.17) is 5.21 Å². The van der Waals surface area contributed by atoms with E-state index in [0.29, 0.717) is 0 Å². The van der Waals surface area contributed by atoms with Crippen molar-refractivity contribution in [3.05, 3.63) is 0 Å². The summed E-state index contributed by atoms with van der Waals surface area (Å²) in [5.74, 6) is 0. The molecule has 2 atom stereocenters. The number of likely N-dealkylation sites (tertiary alicyclic amines) is 1. The van der Waals surface area contributed by atoms with Gasteiger partial charge in [-0.3, -0.25) is 4.90 Å². The number of aliphatic hydroxyl groups excluding tert-OH is 1. The van der Waals surface area contributed by atoms with Crippen molar-refractivity contribution < 1.29 is 10.3 Å². The van der Waals surface area contributed by atoms with Crippen LogP contribution in [0.4, 0.5) is 0 Å². The summed E-state index contributed by atoms with van der Waals surface area (Å²) in [5.41, 5.74) is 2.09. The van der Waals surface area contributed by atoms with Crippen LogP contribution < -0.4 is 5.48 Å². The minimum absolute atomic E-state index is 0.161. The molecule has 1 saturated heterocycles. The monoisotopic (exact) mass is 216 g/mol. The molecule has 0 radical (unpaired) electrons. The zero-order valence-electron chi connectivity index (χ0n) is 10.0. The largest absolute Gasteiger partial charge is 0.377 e. The molecule has 1 aliphatic heterocycles. The third-order valence-electron chi connectivity index (χ3n) is 3.14. The summed E-state index contributed by atoms with van der Waals surface area (Å²) < 4.78 is 0. The predicted molar refractivity (Wildman–Crippen MR) is 59.6 cm³/mol. The second kappa shape index (κ2) is 5.25. The first-order chi connectivity index (χ1) is 6.96. The molecule has 4 nitrogen and oxygen atoms in total. The van der Waals surface area contributed by atoms with Gasteiger partial charge in [0.1, 0.15) is 6.23 Å². The van der Waals surface area contributed by atoms with Gasteiger partial charge >= 0.3 is 0 Å². The molecule has 0 saturated carbocycles. The second-order valence-corrected chi connectivity index (χ2v) is 5.48. The van der Waals surface area contributed by atoms with Crippen molar-refractivity contribution in [1.29, 1.82) is 0 Å². The molecule has 0 bridgehead atoms. The van der Waals surface area contributed by atoms with E-state index in [1.54, 1.807) is 0 Å². The van der Waals surface area contributed by atoms with Gasteiger partial charge in [-0.15, -0.1) is 0 Å². The average Bonchev–Trinajstić information content (AvgIpc) is 2.18. The van der Waals surface area contributed by atoms with Crippen molar-refractivity contribution >= 4 is 0 Å². The van der Waals surface area contributed by atoms with Crippen LogP contribution in [-0.4, -0.2) is 40.6 Å². The molecule has 0 aromatic heterocycles. The molecule has 1 fully saturated rings. The van der Waals surface area contributed by atoms with E-state index in [9.17, 15) is 5.11 Å². The summed E-state index contributed by atoms with van der Waals surface area (Å²) in [4.78, 5) is 2.04. The van der Waals surface area contributed by atoms with Crippen molar-refractivity contribution in [2.75, 3.05) is 13.1 Å². The number of rotatable bonds is 3. The molecule has 1 rings (SSSR count). The van der Waals surface area contributed by atoms with E-state index < -0.39 is 6.23 Å². The van der Waals surface area contributed by atoms with Gasteiger partial charge in [0.05, 0.1) is 6.04 Å². The summed E-state index contributed by atoms with van der Waals surface area (Å²) in [7, 11) is 0. The molecule has 1 aliphatic rings. The molecule has 0 amide bonds. The van der Waals surface area contributed by atoms with E-state index in [1.807, 2.05) is 25.7 Å². The Morgan fingerprint density at radius 3 is 2.07 bits per heavy atom. The van der Waals surface area contributed by atoms with Crippen molar-refractivity contribution in [3.63, 3.8) is 0 Å². The molecule has 0 aromatic rings. The molecular formula is C11H24N2O2. The van der Waals surface area contributed by atoms with E-state index >= 15 is 0 Å². The molecule has 0 spiro atoms. The maximum atomic E-state index is 10.2. The minimum atomic E-state index is -0.602. The normalized spacial score (nSPS) is 23.8. The van der Waals surface area contributed by atoms with Gasteiger partial charge < -0.3 is 10.3 Å². The van der Waals surface area contributed by atoms with Gasteiger partial charge in [-0.2, -0.15) is 5.48 Å². The van der Waals surface area contributed by atoms with Crippen LogP contribution in [0.5, 0.6) is 0 Å². The minimum Gasteiger partial charge on any atom is -0.377 e. The Morgan fingerprint density at radius 1 is 1.13 bits per heavy atom. The Hall–Kier alpha value is -0.160. The van der Waals surface area contributed by atoms with Crippen LogP contribution in [-0.2, 0) is 0 Å². The van der Waals surface area contributed by atoms with Crippen molar-refractivity contribution in [2.24, 2.45) is 5.41 Å². The molecule has 3 N–H and O–H groups in total. The molecule has 90 valence electrons. The van der Waals surface area contributed by atoms with Gasteiger partial charge in [0, 0.05) is 13.1 Å². The highest BCUT2D eigenvalue weighted by Gasteiger charge is 2.34. The van der Waals surface area contributed by atoms with Crippen LogP contribution in [0.3, 0.4) is 0 Å². The number of hydrogen-bond acceptors (Lipinski definition) is 4. The predicted octanol–water partition coefficient (Wildman–Crippen LogP) is 1.18. The van der Waals surface area contributed by atoms with Gasteiger partial charge in [0.25, 0.3) is 0 Å². The van der Waals surface area contributed by atoms with E-state index in [0.717, 1.165) is 25.9 Å². The average molecular weight is 216 g/mol.